The number of aryl methyl sites for hydroxylation is 2. The van der Waals surface area contributed by atoms with E-state index in [1.54, 1.807) is 0 Å². The van der Waals surface area contributed by atoms with Crippen LogP contribution < -0.4 is 20.3 Å². The van der Waals surface area contributed by atoms with Crippen molar-refractivity contribution in [1.82, 2.24) is 15.0 Å². The van der Waals surface area contributed by atoms with Crippen molar-refractivity contribution in [1.29, 1.82) is 0 Å². The van der Waals surface area contributed by atoms with Crippen molar-refractivity contribution >= 4 is 17.3 Å². The summed E-state index contributed by atoms with van der Waals surface area (Å²) in [5.41, 5.74) is 9.20. The average Bonchev–Trinajstić information content (AvgIpc) is 2.73. The molecular formula is C21H24N6O. The van der Waals surface area contributed by atoms with Crippen LogP contribution in [0.3, 0.4) is 0 Å². The van der Waals surface area contributed by atoms with E-state index in [-0.39, 0.29) is 0 Å². The molecule has 0 spiro atoms. The predicted molar refractivity (Wildman–Crippen MR) is 111 cm³/mol. The molecular weight excluding hydrogens is 352 g/mol. The molecule has 0 saturated carbocycles. The third-order valence-electron chi connectivity index (χ3n) is 5.07. The van der Waals surface area contributed by atoms with Crippen LogP contribution >= 0.6 is 0 Å². The number of ether oxygens (including phenoxy) is 1. The van der Waals surface area contributed by atoms with Crippen LogP contribution in [-0.2, 0) is 0 Å². The molecule has 4 rings (SSSR count). The number of nitrogen functional groups attached to an aromatic ring is 1. The molecule has 0 amide bonds. The summed E-state index contributed by atoms with van der Waals surface area (Å²) in [6.07, 6.45) is 3.33. The molecule has 0 bridgehead atoms. The maximum atomic E-state index is 6.36. The van der Waals surface area contributed by atoms with E-state index in [1.165, 1.54) is 11.9 Å². The van der Waals surface area contributed by atoms with Crippen molar-refractivity contribution in [2.45, 2.75) is 13.8 Å². The Morgan fingerprint density at radius 1 is 0.893 bits per heavy atom. The molecule has 2 N–H and O–H groups in total. The zero-order valence-corrected chi connectivity index (χ0v) is 16.2. The van der Waals surface area contributed by atoms with E-state index in [0.29, 0.717) is 11.6 Å². The second kappa shape index (κ2) is 7.72. The summed E-state index contributed by atoms with van der Waals surface area (Å²) in [5, 5.41) is 0. The Morgan fingerprint density at radius 3 is 2.39 bits per heavy atom. The Balaban J connectivity index is 1.49. The number of aromatic nitrogens is 3. The van der Waals surface area contributed by atoms with Gasteiger partial charge in [-0.2, -0.15) is 4.98 Å². The smallest absolute Gasteiger partial charge is 0.248 e. The fraction of sp³-hybridized carbons (Fsp3) is 0.286. The molecule has 1 aliphatic heterocycles. The molecule has 0 atom stereocenters. The fourth-order valence-corrected chi connectivity index (χ4v) is 3.28. The normalized spacial score (nSPS) is 14.2. The van der Waals surface area contributed by atoms with Gasteiger partial charge in [-0.05, 0) is 49.2 Å². The first-order valence-electron chi connectivity index (χ1n) is 9.38. The number of piperazine rings is 1. The molecule has 3 aromatic rings. The van der Waals surface area contributed by atoms with Crippen molar-refractivity contribution in [2.24, 2.45) is 0 Å². The molecule has 28 heavy (non-hydrogen) atoms. The van der Waals surface area contributed by atoms with E-state index in [2.05, 4.69) is 38.6 Å². The highest BCUT2D eigenvalue weighted by molar-refractivity contribution is 5.68. The van der Waals surface area contributed by atoms with E-state index in [9.17, 15) is 0 Å². The highest BCUT2D eigenvalue weighted by Gasteiger charge is 2.22. The van der Waals surface area contributed by atoms with Gasteiger partial charge in [-0.3, -0.25) is 0 Å². The Bertz CT molecular complexity index is 954. The molecule has 1 fully saturated rings. The maximum absolute atomic E-state index is 6.36. The summed E-state index contributed by atoms with van der Waals surface area (Å²) in [4.78, 5) is 17.5. The molecule has 1 aromatic carbocycles. The molecule has 1 saturated heterocycles. The molecule has 2 aromatic heterocycles. The van der Waals surface area contributed by atoms with Gasteiger partial charge in [-0.1, -0.05) is 12.1 Å². The largest absolute Gasteiger partial charge is 0.437 e. The van der Waals surface area contributed by atoms with Crippen molar-refractivity contribution < 1.29 is 4.74 Å². The Kier molecular flexibility index (Phi) is 4.97. The van der Waals surface area contributed by atoms with E-state index >= 15 is 0 Å². The molecule has 0 aliphatic carbocycles. The molecule has 7 heteroatoms. The number of nitrogens with two attached hydrogens (primary N) is 1. The van der Waals surface area contributed by atoms with Gasteiger partial charge < -0.3 is 20.3 Å². The quantitative estimate of drug-likeness (QED) is 0.749. The summed E-state index contributed by atoms with van der Waals surface area (Å²) in [6.45, 7) is 7.45. The predicted octanol–water partition coefficient (Wildman–Crippen LogP) is 3.19. The number of nitrogens with zero attached hydrogens (tertiary/aromatic N) is 5. The minimum Gasteiger partial charge on any atom is -0.437 e. The van der Waals surface area contributed by atoms with Crippen LogP contribution in [0.25, 0.3) is 0 Å². The number of hydrogen-bond acceptors (Lipinski definition) is 7. The fourth-order valence-electron chi connectivity index (χ4n) is 3.28. The molecule has 144 valence electrons. The zero-order chi connectivity index (χ0) is 19.5. The lowest BCUT2D eigenvalue weighted by Crippen LogP contribution is -2.47. The summed E-state index contributed by atoms with van der Waals surface area (Å²) in [7, 11) is 0. The van der Waals surface area contributed by atoms with Gasteiger partial charge in [0.2, 0.25) is 5.88 Å². The highest BCUT2D eigenvalue weighted by atomic mass is 16.5. The van der Waals surface area contributed by atoms with Gasteiger partial charge in [0.05, 0.1) is 0 Å². The number of pyridine rings is 1. The maximum Gasteiger partial charge on any atom is 0.248 e. The lowest BCUT2D eigenvalue weighted by molar-refractivity contribution is 0.463. The van der Waals surface area contributed by atoms with Gasteiger partial charge >= 0.3 is 0 Å². The van der Waals surface area contributed by atoms with Gasteiger partial charge in [-0.25, -0.2) is 9.97 Å². The third-order valence-corrected chi connectivity index (χ3v) is 5.07. The van der Waals surface area contributed by atoms with E-state index < -0.39 is 0 Å². The van der Waals surface area contributed by atoms with Gasteiger partial charge in [0.1, 0.15) is 23.6 Å². The van der Waals surface area contributed by atoms with E-state index in [4.69, 9.17) is 10.5 Å². The van der Waals surface area contributed by atoms with E-state index in [1.807, 2.05) is 42.6 Å². The Labute approximate surface area is 164 Å². The SMILES string of the molecule is Cc1ccc(Oc2ncnc(N3CCN(c4ccccn4)CC3)c2N)cc1C. The van der Waals surface area contributed by atoms with Crippen molar-refractivity contribution in [3.8, 4) is 11.6 Å². The molecule has 7 nitrogen and oxygen atoms in total. The van der Waals surface area contributed by atoms with Crippen molar-refractivity contribution in [3.63, 3.8) is 0 Å². The van der Waals surface area contributed by atoms with Crippen LogP contribution in [0.15, 0.2) is 48.9 Å². The number of hydrogen-bond donors (Lipinski definition) is 1. The minimum absolute atomic E-state index is 0.389. The van der Waals surface area contributed by atoms with Crippen LogP contribution in [-0.4, -0.2) is 41.1 Å². The Hall–Kier alpha value is -3.35. The third kappa shape index (κ3) is 3.69. The summed E-state index contributed by atoms with van der Waals surface area (Å²) < 4.78 is 5.94. The van der Waals surface area contributed by atoms with Crippen molar-refractivity contribution in [2.75, 3.05) is 41.7 Å². The van der Waals surface area contributed by atoms with Crippen LogP contribution in [0.2, 0.25) is 0 Å². The second-order valence-corrected chi connectivity index (χ2v) is 6.93. The van der Waals surface area contributed by atoms with Crippen LogP contribution in [0.5, 0.6) is 11.6 Å². The summed E-state index contributed by atoms with van der Waals surface area (Å²) >= 11 is 0. The van der Waals surface area contributed by atoms with Gasteiger partial charge in [-0.15, -0.1) is 0 Å². The lowest BCUT2D eigenvalue weighted by atomic mass is 10.1. The van der Waals surface area contributed by atoms with Gasteiger partial charge in [0.25, 0.3) is 0 Å². The van der Waals surface area contributed by atoms with Crippen molar-refractivity contribution in [3.05, 3.63) is 60.0 Å². The first-order valence-corrected chi connectivity index (χ1v) is 9.38. The molecule has 0 unspecified atom stereocenters. The first kappa shape index (κ1) is 18.0. The second-order valence-electron chi connectivity index (χ2n) is 6.93. The lowest BCUT2D eigenvalue weighted by Gasteiger charge is -2.36. The van der Waals surface area contributed by atoms with Crippen LogP contribution in [0.1, 0.15) is 11.1 Å². The molecule has 1 aliphatic rings. The number of rotatable bonds is 4. The van der Waals surface area contributed by atoms with E-state index in [0.717, 1.165) is 49.1 Å². The zero-order valence-electron chi connectivity index (χ0n) is 16.2. The monoisotopic (exact) mass is 376 g/mol. The first-order chi connectivity index (χ1) is 13.6. The number of anilines is 3. The summed E-state index contributed by atoms with van der Waals surface area (Å²) in [6, 6.07) is 11.9. The average molecular weight is 376 g/mol. The summed E-state index contributed by atoms with van der Waals surface area (Å²) in [5.74, 6) is 2.82. The minimum atomic E-state index is 0.389. The molecule has 0 radical (unpaired) electrons. The van der Waals surface area contributed by atoms with Crippen LogP contribution in [0.4, 0.5) is 17.3 Å². The van der Waals surface area contributed by atoms with Gasteiger partial charge in [0.15, 0.2) is 5.82 Å². The molecule has 3 heterocycles. The van der Waals surface area contributed by atoms with Crippen LogP contribution in [0, 0.1) is 13.8 Å². The van der Waals surface area contributed by atoms with Gasteiger partial charge in [0, 0.05) is 32.4 Å². The number of benzene rings is 1. The Morgan fingerprint density at radius 2 is 1.68 bits per heavy atom. The topological polar surface area (TPSA) is 80.4 Å². The highest BCUT2D eigenvalue weighted by Crippen LogP contribution is 2.32. The standard InChI is InChI=1S/C21H24N6O/c1-15-6-7-17(13-16(15)2)28-21-19(22)20(24-14-25-21)27-11-9-26(10-12-27)18-5-3-4-8-23-18/h3-8,13-14H,9-12,22H2,1-2H3.